The van der Waals surface area contributed by atoms with Gasteiger partial charge in [0.05, 0.1) is 12.5 Å². The Labute approximate surface area is 88.0 Å². The van der Waals surface area contributed by atoms with Gasteiger partial charge in [0, 0.05) is 0 Å². The molecule has 0 radical (unpaired) electrons. The fraction of sp³-hybridized carbons (Fsp3) is 0.917. The smallest absolute Gasteiger partial charge is 0.311 e. The van der Waals surface area contributed by atoms with Gasteiger partial charge in [-0.3, -0.25) is 4.79 Å². The Hall–Kier alpha value is -0.530. The van der Waals surface area contributed by atoms with E-state index in [1.54, 1.807) is 0 Å². The maximum atomic E-state index is 11.7. The predicted molar refractivity (Wildman–Crippen MR) is 59.0 cm³/mol. The van der Waals surface area contributed by atoms with Gasteiger partial charge in [-0.1, -0.05) is 34.6 Å². The van der Waals surface area contributed by atoms with Crippen molar-refractivity contribution >= 4 is 5.97 Å². The maximum Gasteiger partial charge on any atom is 0.311 e. The van der Waals surface area contributed by atoms with E-state index in [4.69, 9.17) is 4.74 Å². The minimum Gasteiger partial charge on any atom is -0.469 e. The second-order valence-electron chi connectivity index (χ2n) is 5.99. The summed E-state index contributed by atoms with van der Waals surface area (Å²) in [5.74, 6) is -0.141. The predicted octanol–water partition coefficient (Wildman–Crippen LogP) is 3.26. The molecular weight excluding hydrogens is 176 g/mol. The van der Waals surface area contributed by atoms with Crippen molar-refractivity contribution in [1.29, 1.82) is 0 Å². The third kappa shape index (κ3) is 1.94. The number of hydrogen-bond donors (Lipinski definition) is 0. The Balaban J connectivity index is 5.18. The number of rotatable bonds is 2. The van der Waals surface area contributed by atoms with E-state index in [9.17, 15) is 4.79 Å². The molecule has 2 nitrogen and oxygen atoms in total. The largest absolute Gasteiger partial charge is 0.469 e. The first kappa shape index (κ1) is 13.5. The van der Waals surface area contributed by atoms with E-state index in [2.05, 4.69) is 34.6 Å². The van der Waals surface area contributed by atoms with Crippen molar-refractivity contribution in [3.63, 3.8) is 0 Å². The highest BCUT2D eigenvalue weighted by atomic mass is 16.5. The number of methoxy groups -OCH3 is 1. The lowest BCUT2D eigenvalue weighted by Crippen LogP contribution is -2.48. The van der Waals surface area contributed by atoms with Crippen LogP contribution in [0, 0.1) is 16.2 Å². The summed E-state index contributed by atoms with van der Waals surface area (Å²) in [5, 5.41) is 0. The molecule has 0 atom stereocenters. The highest BCUT2D eigenvalue weighted by Gasteiger charge is 2.50. The first-order chi connectivity index (χ1) is 5.98. The summed E-state index contributed by atoms with van der Waals surface area (Å²) in [5.41, 5.74) is -0.530. The summed E-state index contributed by atoms with van der Waals surface area (Å²) in [6.07, 6.45) is 0. The van der Waals surface area contributed by atoms with Crippen molar-refractivity contribution in [1.82, 2.24) is 0 Å². The van der Waals surface area contributed by atoms with Crippen molar-refractivity contribution in [2.75, 3.05) is 7.11 Å². The fourth-order valence-corrected chi connectivity index (χ4v) is 1.45. The SMILES string of the molecule is COC(=O)C(C)(C)C(C)(C)C(C)(C)C. The Kier molecular flexibility index (Phi) is 3.42. The van der Waals surface area contributed by atoms with Gasteiger partial charge < -0.3 is 4.74 Å². The standard InChI is InChI=1S/C12H24O2/c1-10(2,3)12(6,7)11(4,5)9(13)14-8/h1-8H3. The van der Waals surface area contributed by atoms with Gasteiger partial charge in [-0.15, -0.1) is 0 Å². The first-order valence-corrected chi connectivity index (χ1v) is 5.07. The van der Waals surface area contributed by atoms with Crippen LogP contribution in [0.1, 0.15) is 48.5 Å². The Morgan fingerprint density at radius 3 is 1.50 bits per heavy atom. The minimum absolute atomic E-state index is 0.0602. The average molecular weight is 200 g/mol. The van der Waals surface area contributed by atoms with Crippen LogP contribution in [0.4, 0.5) is 0 Å². The molecule has 0 fully saturated rings. The van der Waals surface area contributed by atoms with Gasteiger partial charge in [0.2, 0.25) is 0 Å². The molecule has 84 valence electrons. The van der Waals surface area contributed by atoms with Crippen LogP contribution in [-0.2, 0) is 9.53 Å². The third-order valence-corrected chi connectivity index (χ3v) is 4.13. The molecule has 0 aromatic heterocycles. The lowest BCUT2D eigenvalue weighted by atomic mass is 9.55. The van der Waals surface area contributed by atoms with Crippen LogP contribution in [0.15, 0.2) is 0 Å². The van der Waals surface area contributed by atoms with Crippen LogP contribution < -0.4 is 0 Å². The molecule has 14 heavy (non-hydrogen) atoms. The lowest BCUT2D eigenvalue weighted by molar-refractivity contribution is -0.163. The molecule has 0 aromatic rings. The summed E-state index contributed by atoms with van der Waals surface area (Å²) in [4.78, 5) is 11.7. The summed E-state index contributed by atoms with van der Waals surface area (Å²) >= 11 is 0. The molecule has 0 aliphatic heterocycles. The van der Waals surface area contributed by atoms with E-state index in [1.165, 1.54) is 7.11 Å². The highest BCUT2D eigenvalue weighted by Crippen LogP contribution is 2.51. The zero-order chi connectivity index (χ0) is 11.8. The minimum atomic E-state index is -0.472. The third-order valence-electron chi connectivity index (χ3n) is 4.13. The van der Waals surface area contributed by atoms with E-state index in [0.717, 1.165) is 0 Å². The summed E-state index contributed by atoms with van der Waals surface area (Å²) in [6.45, 7) is 14.6. The molecule has 0 aromatic carbocycles. The maximum absolute atomic E-state index is 11.7. The molecule has 0 saturated heterocycles. The highest BCUT2D eigenvalue weighted by molar-refractivity contribution is 5.76. The van der Waals surface area contributed by atoms with Gasteiger partial charge in [0.15, 0.2) is 0 Å². The summed E-state index contributed by atoms with van der Waals surface area (Å²) < 4.78 is 4.86. The Bertz CT molecular complexity index is 219. The van der Waals surface area contributed by atoms with Crippen molar-refractivity contribution in [2.24, 2.45) is 16.2 Å². The van der Waals surface area contributed by atoms with Gasteiger partial charge >= 0.3 is 5.97 Å². The number of ether oxygens (including phenoxy) is 1. The fourth-order valence-electron chi connectivity index (χ4n) is 1.45. The van der Waals surface area contributed by atoms with Gasteiger partial charge in [-0.2, -0.15) is 0 Å². The zero-order valence-corrected chi connectivity index (χ0v) is 10.8. The number of carbonyl (C=O) groups is 1. The van der Waals surface area contributed by atoms with Crippen molar-refractivity contribution in [3.8, 4) is 0 Å². The van der Waals surface area contributed by atoms with Crippen molar-refractivity contribution < 1.29 is 9.53 Å². The molecule has 0 heterocycles. The van der Waals surface area contributed by atoms with E-state index in [1.807, 2.05) is 13.8 Å². The lowest BCUT2D eigenvalue weighted by Gasteiger charge is -2.48. The molecule has 0 unspecified atom stereocenters. The van der Waals surface area contributed by atoms with Crippen LogP contribution >= 0.6 is 0 Å². The molecule has 0 amide bonds. The second-order valence-corrected chi connectivity index (χ2v) is 5.99. The molecule has 0 aliphatic carbocycles. The molecule has 0 spiro atoms. The molecular formula is C12H24O2. The zero-order valence-electron chi connectivity index (χ0n) is 10.8. The van der Waals surface area contributed by atoms with Gasteiger partial charge in [-0.05, 0) is 24.7 Å². The van der Waals surface area contributed by atoms with E-state index < -0.39 is 5.41 Å². The van der Waals surface area contributed by atoms with Crippen LogP contribution in [0.2, 0.25) is 0 Å². The van der Waals surface area contributed by atoms with E-state index >= 15 is 0 Å². The summed E-state index contributed by atoms with van der Waals surface area (Å²) in [6, 6.07) is 0. The van der Waals surface area contributed by atoms with E-state index in [0.29, 0.717) is 0 Å². The Morgan fingerprint density at radius 2 is 1.29 bits per heavy atom. The molecule has 0 saturated carbocycles. The van der Waals surface area contributed by atoms with Crippen LogP contribution in [0.3, 0.4) is 0 Å². The van der Waals surface area contributed by atoms with Crippen LogP contribution in [0.25, 0.3) is 0 Å². The first-order valence-electron chi connectivity index (χ1n) is 5.07. The van der Waals surface area contributed by atoms with Crippen molar-refractivity contribution in [3.05, 3.63) is 0 Å². The average Bonchev–Trinajstić information content (AvgIpc) is 2.00. The van der Waals surface area contributed by atoms with Crippen molar-refractivity contribution in [2.45, 2.75) is 48.5 Å². The second kappa shape index (κ2) is 3.56. The normalized spacial score (nSPS) is 14.0. The molecule has 0 aliphatic rings. The quantitative estimate of drug-likeness (QED) is 0.639. The van der Waals surface area contributed by atoms with Crippen LogP contribution in [0.5, 0.6) is 0 Å². The van der Waals surface area contributed by atoms with Gasteiger partial charge in [0.1, 0.15) is 0 Å². The number of carbonyl (C=O) groups excluding carboxylic acids is 1. The monoisotopic (exact) mass is 200 g/mol. The van der Waals surface area contributed by atoms with E-state index in [-0.39, 0.29) is 16.8 Å². The molecule has 2 heteroatoms. The number of esters is 1. The van der Waals surface area contributed by atoms with Crippen LogP contribution in [-0.4, -0.2) is 13.1 Å². The Morgan fingerprint density at radius 1 is 0.929 bits per heavy atom. The number of hydrogen-bond acceptors (Lipinski definition) is 2. The molecule has 0 N–H and O–H groups in total. The molecule has 0 bridgehead atoms. The summed E-state index contributed by atoms with van der Waals surface area (Å²) in [7, 11) is 1.45. The topological polar surface area (TPSA) is 26.3 Å². The van der Waals surface area contributed by atoms with Gasteiger partial charge in [0.25, 0.3) is 0 Å². The molecule has 0 rings (SSSR count). The van der Waals surface area contributed by atoms with Gasteiger partial charge in [-0.25, -0.2) is 0 Å².